The monoisotopic (exact) mass is 292 g/mol. The summed E-state index contributed by atoms with van der Waals surface area (Å²) in [6, 6.07) is 4.39. The van der Waals surface area contributed by atoms with Gasteiger partial charge in [0.25, 0.3) is 15.7 Å². The molecular formula is C12H8N2O5S. The van der Waals surface area contributed by atoms with Crippen LogP contribution in [-0.4, -0.2) is 24.8 Å². The van der Waals surface area contributed by atoms with Crippen molar-refractivity contribution in [3.63, 3.8) is 0 Å². The number of nitro groups is 1. The molecule has 0 heterocycles. The Balaban J connectivity index is 2.34. The smallest absolute Gasteiger partial charge is 0.282 e. The molecule has 0 saturated carbocycles. The predicted octanol–water partition coefficient (Wildman–Crippen LogP) is 1.42. The molecule has 1 aromatic rings. The summed E-state index contributed by atoms with van der Waals surface area (Å²) in [6.07, 6.45) is 4.96. The third-order valence-electron chi connectivity index (χ3n) is 2.41. The molecule has 0 fully saturated rings. The van der Waals surface area contributed by atoms with Crippen LogP contribution in [0.15, 0.2) is 57.9 Å². The van der Waals surface area contributed by atoms with E-state index in [0.29, 0.717) is 0 Å². The second-order valence-corrected chi connectivity index (χ2v) is 5.42. The summed E-state index contributed by atoms with van der Waals surface area (Å²) < 4.78 is 27.4. The lowest BCUT2D eigenvalue weighted by Gasteiger charge is -2.01. The van der Waals surface area contributed by atoms with Crippen molar-refractivity contribution in [2.24, 2.45) is 4.40 Å². The lowest BCUT2D eigenvalue weighted by Crippen LogP contribution is -2.04. The van der Waals surface area contributed by atoms with Crippen molar-refractivity contribution in [1.82, 2.24) is 0 Å². The minimum atomic E-state index is -3.97. The average Bonchev–Trinajstić information content (AvgIpc) is 2.41. The molecule has 2 rings (SSSR count). The lowest BCUT2D eigenvalue weighted by molar-refractivity contribution is -0.384. The van der Waals surface area contributed by atoms with Crippen LogP contribution < -0.4 is 0 Å². The molecule has 0 spiro atoms. The number of allylic oxidation sites excluding steroid dienone is 4. The van der Waals surface area contributed by atoms with Gasteiger partial charge < -0.3 is 0 Å². The molecular weight excluding hydrogens is 284 g/mol. The zero-order chi connectivity index (χ0) is 14.8. The maximum Gasteiger partial charge on any atom is 0.282 e. The Morgan fingerprint density at radius 2 is 1.55 bits per heavy atom. The van der Waals surface area contributed by atoms with E-state index >= 15 is 0 Å². The number of carbonyl (C=O) groups is 1. The van der Waals surface area contributed by atoms with Crippen LogP contribution in [0.1, 0.15) is 0 Å². The van der Waals surface area contributed by atoms with E-state index in [-0.39, 0.29) is 22.1 Å². The SMILES string of the molecule is O=C1C=CC(=NS(=O)(=O)c2ccc([N+](=O)[O-])cc2)C=C1. The van der Waals surface area contributed by atoms with Crippen molar-refractivity contribution in [2.75, 3.05) is 0 Å². The van der Waals surface area contributed by atoms with Crippen LogP contribution >= 0.6 is 0 Å². The molecule has 1 aliphatic rings. The first-order valence-electron chi connectivity index (χ1n) is 5.38. The fourth-order valence-corrected chi connectivity index (χ4v) is 2.42. The third kappa shape index (κ3) is 3.04. The number of hydrogen-bond acceptors (Lipinski definition) is 5. The molecule has 0 aliphatic heterocycles. The largest absolute Gasteiger partial charge is 0.290 e. The van der Waals surface area contributed by atoms with Crippen molar-refractivity contribution in [1.29, 1.82) is 0 Å². The third-order valence-corrected chi connectivity index (χ3v) is 3.73. The van der Waals surface area contributed by atoms with Gasteiger partial charge in [0.2, 0.25) is 0 Å². The number of benzene rings is 1. The molecule has 0 aromatic heterocycles. The Morgan fingerprint density at radius 1 is 1.00 bits per heavy atom. The highest BCUT2D eigenvalue weighted by Gasteiger charge is 2.15. The maximum atomic E-state index is 12.0. The fourth-order valence-electron chi connectivity index (χ4n) is 1.44. The lowest BCUT2D eigenvalue weighted by atomic mass is 10.2. The van der Waals surface area contributed by atoms with Gasteiger partial charge in [0, 0.05) is 12.1 Å². The summed E-state index contributed by atoms with van der Waals surface area (Å²) in [4.78, 5) is 20.6. The number of non-ortho nitro benzene ring substituents is 1. The highest BCUT2D eigenvalue weighted by Crippen LogP contribution is 2.18. The predicted molar refractivity (Wildman–Crippen MR) is 71.0 cm³/mol. The number of rotatable bonds is 3. The van der Waals surface area contributed by atoms with Crippen molar-refractivity contribution < 1.29 is 18.1 Å². The van der Waals surface area contributed by atoms with Gasteiger partial charge in [-0.3, -0.25) is 14.9 Å². The molecule has 20 heavy (non-hydrogen) atoms. The number of hydrogen-bond donors (Lipinski definition) is 0. The van der Waals surface area contributed by atoms with Crippen molar-refractivity contribution in [3.05, 3.63) is 58.7 Å². The van der Waals surface area contributed by atoms with E-state index in [9.17, 15) is 23.3 Å². The molecule has 0 bridgehead atoms. The van der Waals surface area contributed by atoms with E-state index in [4.69, 9.17) is 0 Å². The van der Waals surface area contributed by atoms with E-state index < -0.39 is 14.9 Å². The molecule has 0 radical (unpaired) electrons. The zero-order valence-electron chi connectivity index (χ0n) is 9.96. The van der Waals surface area contributed by atoms with Gasteiger partial charge >= 0.3 is 0 Å². The fraction of sp³-hybridized carbons (Fsp3) is 0. The highest BCUT2D eigenvalue weighted by molar-refractivity contribution is 7.90. The molecule has 0 amide bonds. The topological polar surface area (TPSA) is 107 Å². The second-order valence-electron chi connectivity index (χ2n) is 3.81. The normalized spacial score (nSPS) is 14.4. The molecule has 0 saturated heterocycles. The van der Waals surface area contributed by atoms with E-state index in [1.807, 2.05) is 0 Å². The van der Waals surface area contributed by atoms with Gasteiger partial charge in [-0.2, -0.15) is 12.8 Å². The Labute approximate surface area is 114 Å². The van der Waals surface area contributed by atoms with E-state index in [2.05, 4.69) is 4.40 Å². The molecule has 1 aliphatic carbocycles. The van der Waals surface area contributed by atoms with Gasteiger partial charge in [0.05, 0.1) is 15.5 Å². The molecule has 8 heteroatoms. The number of carbonyl (C=O) groups excluding carboxylic acids is 1. The quantitative estimate of drug-likeness (QED) is 0.475. The summed E-state index contributed by atoms with van der Waals surface area (Å²) in [7, 11) is -3.97. The molecule has 7 nitrogen and oxygen atoms in total. The van der Waals surface area contributed by atoms with Crippen LogP contribution in [0.5, 0.6) is 0 Å². The van der Waals surface area contributed by atoms with Gasteiger partial charge in [-0.1, -0.05) is 0 Å². The summed E-state index contributed by atoms with van der Waals surface area (Å²) >= 11 is 0. The van der Waals surface area contributed by atoms with Gasteiger partial charge in [-0.05, 0) is 36.4 Å². The van der Waals surface area contributed by atoms with Crippen LogP contribution in [-0.2, 0) is 14.8 Å². The maximum absolute atomic E-state index is 12.0. The number of ketones is 1. The summed E-state index contributed by atoms with van der Waals surface area (Å²) in [5.41, 5.74) is -0.0948. The first-order valence-corrected chi connectivity index (χ1v) is 6.82. The summed E-state index contributed by atoms with van der Waals surface area (Å²) in [6.45, 7) is 0. The van der Waals surface area contributed by atoms with Crippen molar-refractivity contribution in [3.8, 4) is 0 Å². The van der Waals surface area contributed by atoms with E-state index in [1.54, 1.807) is 0 Å². The number of nitro benzene ring substituents is 1. The first-order chi connectivity index (χ1) is 9.38. The van der Waals surface area contributed by atoms with E-state index in [1.165, 1.54) is 24.3 Å². The Bertz CT molecular complexity index is 740. The average molecular weight is 292 g/mol. The Hall–Kier alpha value is -2.61. The molecule has 0 unspecified atom stereocenters. The van der Waals surface area contributed by atoms with Crippen LogP contribution in [0.4, 0.5) is 5.69 Å². The van der Waals surface area contributed by atoms with Crippen LogP contribution in [0.3, 0.4) is 0 Å². The van der Waals surface area contributed by atoms with Crippen molar-refractivity contribution >= 4 is 27.2 Å². The Morgan fingerprint density at radius 3 is 2.05 bits per heavy atom. The van der Waals surface area contributed by atoms with Crippen LogP contribution in [0, 0.1) is 10.1 Å². The van der Waals surface area contributed by atoms with Crippen molar-refractivity contribution in [2.45, 2.75) is 4.90 Å². The summed E-state index contributed by atoms with van der Waals surface area (Å²) in [5, 5.41) is 10.5. The molecule has 0 N–H and O–H groups in total. The summed E-state index contributed by atoms with van der Waals surface area (Å²) in [5.74, 6) is -0.253. The number of sulfonamides is 1. The first kappa shape index (κ1) is 13.8. The highest BCUT2D eigenvalue weighted by atomic mass is 32.2. The minimum Gasteiger partial charge on any atom is -0.290 e. The van der Waals surface area contributed by atoms with Gasteiger partial charge in [-0.25, -0.2) is 0 Å². The molecule has 0 atom stereocenters. The standard InChI is InChI=1S/C12H8N2O5S/c15-11-5-1-9(2-6-11)13-20(18,19)12-7-3-10(4-8-12)14(16)17/h1-8H. The second kappa shape index (κ2) is 5.17. The van der Waals surface area contributed by atoms with Crippen LogP contribution in [0.2, 0.25) is 0 Å². The van der Waals surface area contributed by atoms with Gasteiger partial charge in [0.1, 0.15) is 0 Å². The van der Waals surface area contributed by atoms with E-state index in [0.717, 1.165) is 24.3 Å². The zero-order valence-corrected chi connectivity index (χ0v) is 10.8. The number of nitrogens with zero attached hydrogens (tertiary/aromatic N) is 2. The molecule has 1 aromatic carbocycles. The van der Waals surface area contributed by atoms with Crippen LogP contribution in [0.25, 0.3) is 0 Å². The van der Waals surface area contributed by atoms with Gasteiger partial charge in [0.15, 0.2) is 5.78 Å². The minimum absolute atomic E-state index is 0.114. The molecule has 102 valence electrons. The Kier molecular flexibility index (Phi) is 3.57. The van der Waals surface area contributed by atoms with Gasteiger partial charge in [-0.15, -0.1) is 0 Å².